The molecule has 1 aromatic carbocycles. The fraction of sp³-hybridized carbons (Fsp3) is 0.611. The third-order valence-electron chi connectivity index (χ3n) is 4.73. The van der Waals surface area contributed by atoms with Gasteiger partial charge in [0.1, 0.15) is 0 Å². The lowest BCUT2D eigenvalue weighted by atomic mass is 9.80. The molecule has 2 N–H and O–H groups in total. The predicted molar refractivity (Wildman–Crippen MR) is 89.7 cm³/mol. The van der Waals surface area contributed by atoms with E-state index in [2.05, 4.69) is 37.5 Å². The van der Waals surface area contributed by atoms with E-state index in [1.165, 1.54) is 19.3 Å². The average Bonchev–Trinajstić information content (AvgIpc) is 2.46. The fourth-order valence-electron chi connectivity index (χ4n) is 3.10. The highest BCUT2D eigenvalue weighted by atomic mass is 16.1. The molecule has 0 saturated heterocycles. The van der Waals surface area contributed by atoms with Crippen LogP contribution < -0.4 is 10.6 Å². The molecule has 3 heteroatoms. The van der Waals surface area contributed by atoms with Crippen LogP contribution in [0.15, 0.2) is 18.2 Å². The van der Waals surface area contributed by atoms with Crippen molar-refractivity contribution < 1.29 is 4.79 Å². The molecule has 3 unspecified atom stereocenters. The minimum atomic E-state index is 0.0647. The smallest absolute Gasteiger partial charge is 0.224 e. The molecule has 0 spiro atoms. The number of anilines is 2. The molecular formula is C18H28N2O. The van der Waals surface area contributed by atoms with Crippen LogP contribution in [0.1, 0.15) is 52.0 Å². The first-order valence-corrected chi connectivity index (χ1v) is 8.17. The Morgan fingerprint density at radius 3 is 2.67 bits per heavy atom. The van der Waals surface area contributed by atoms with Crippen LogP contribution in [0.2, 0.25) is 0 Å². The number of hydrogen-bond donors (Lipinski definition) is 2. The van der Waals surface area contributed by atoms with Crippen molar-refractivity contribution in [2.45, 2.75) is 59.4 Å². The van der Waals surface area contributed by atoms with Gasteiger partial charge in [0.05, 0.1) is 0 Å². The quantitative estimate of drug-likeness (QED) is 0.851. The first kappa shape index (κ1) is 15.9. The topological polar surface area (TPSA) is 41.1 Å². The van der Waals surface area contributed by atoms with Gasteiger partial charge in [-0.1, -0.05) is 33.3 Å². The van der Waals surface area contributed by atoms with Crippen LogP contribution in [0.3, 0.4) is 0 Å². The third kappa shape index (κ3) is 3.99. The average molecular weight is 288 g/mol. The normalized spacial score (nSPS) is 25.4. The second kappa shape index (κ2) is 6.97. The Morgan fingerprint density at radius 2 is 1.95 bits per heavy atom. The maximum atomic E-state index is 11.6. The first-order chi connectivity index (χ1) is 10.0. The number of amides is 1. The molecule has 0 bridgehead atoms. The standard InChI is InChI=1S/C18H28N2O/c1-5-18(21)20-16-8-6-7-15(14(16)4)19-17-11-12(2)9-10-13(17)3/h6-8,12-13,17,19H,5,9-11H2,1-4H3,(H,20,21). The lowest BCUT2D eigenvalue weighted by Gasteiger charge is -2.34. The van der Waals surface area contributed by atoms with E-state index in [0.29, 0.717) is 18.4 Å². The van der Waals surface area contributed by atoms with Crippen LogP contribution in [0.25, 0.3) is 0 Å². The second-order valence-corrected chi connectivity index (χ2v) is 6.53. The molecule has 1 aliphatic carbocycles. The largest absolute Gasteiger partial charge is 0.382 e. The monoisotopic (exact) mass is 288 g/mol. The van der Waals surface area contributed by atoms with Crippen LogP contribution in [-0.4, -0.2) is 11.9 Å². The Balaban J connectivity index is 2.12. The summed E-state index contributed by atoms with van der Waals surface area (Å²) in [6.45, 7) is 8.62. The van der Waals surface area contributed by atoms with Gasteiger partial charge in [-0.15, -0.1) is 0 Å². The predicted octanol–water partition coefficient (Wildman–Crippen LogP) is 4.58. The van der Waals surface area contributed by atoms with E-state index in [1.54, 1.807) is 0 Å². The van der Waals surface area contributed by atoms with E-state index in [0.717, 1.165) is 22.9 Å². The van der Waals surface area contributed by atoms with Gasteiger partial charge in [0, 0.05) is 23.8 Å². The molecule has 0 aliphatic heterocycles. The maximum absolute atomic E-state index is 11.6. The van der Waals surface area contributed by atoms with Crippen LogP contribution in [-0.2, 0) is 4.79 Å². The Hall–Kier alpha value is -1.51. The van der Waals surface area contributed by atoms with Crippen LogP contribution in [0.4, 0.5) is 11.4 Å². The zero-order chi connectivity index (χ0) is 15.4. The molecule has 3 nitrogen and oxygen atoms in total. The molecule has 1 fully saturated rings. The zero-order valence-electron chi connectivity index (χ0n) is 13.7. The van der Waals surface area contributed by atoms with Crippen molar-refractivity contribution in [2.75, 3.05) is 10.6 Å². The van der Waals surface area contributed by atoms with Crippen molar-refractivity contribution in [1.82, 2.24) is 0 Å². The molecule has 3 atom stereocenters. The molecule has 1 aliphatic rings. The molecule has 21 heavy (non-hydrogen) atoms. The molecule has 0 aromatic heterocycles. The number of nitrogens with one attached hydrogen (secondary N) is 2. The molecule has 1 amide bonds. The van der Waals surface area contributed by atoms with Gasteiger partial charge < -0.3 is 10.6 Å². The van der Waals surface area contributed by atoms with Gasteiger partial charge in [-0.2, -0.15) is 0 Å². The highest BCUT2D eigenvalue weighted by Crippen LogP contribution is 2.32. The summed E-state index contributed by atoms with van der Waals surface area (Å²) in [5.74, 6) is 1.56. The Bertz CT molecular complexity index is 498. The van der Waals surface area contributed by atoms with Crippen molar-refractivity contribution in [1.29, 1.82) is 0 Å². The summed E-state index contributed by atoms with van der Waals surface area (Å²) in [5, 5.41) is 6.69. The van der Waals surface area contributed by atoms with Gasteiger partial charge >= 0.3 is 0 Å². The highest BCUT2D eigenvalue weighted by molar-refractivity contribution is 5.92. The van der Waals surface area contributed by atoms with Gasteiger partial charge in [-0.05, 0) is 49.3 Å². The van der Waals surface area contributed by atoms with Crippen molar-refractivity contribution in [2.24, 2.45) is 11.8 Å². The van der Waals surface area contributed by atoms with Crippen LogP contribution in [0, 0.1) is 18.8 Å². The number of hydrogen-bond acceptors (Lipinski definition) is 2. The van der Waals surface area contributed by atoms with E-state index in [-0.39, 0.29) is 5.91 Å². The van der Waals surface area contributed by atoms with Gasteiger partial charge in [0.25, 0.3) is 0 Å². The molecule has 116 valence electrons. The summed E-state index contributed by atoms with van der Waals surface area (Å²) in [4.78, 5) is 11.6. The van der Waals surface area contributed by atoms with Crippen molar-refractivity contribution in [3.8, 4) is 0 Å². The molecule has 1 saturated carbocycles. The molecular weight excluding hydrogens is 260 g/mol. The molecule has 0 radical (unpaired) electrons. The number of carbonyl (C=O) groups excluding carboxylic acids is 1. The van der Waals surface area contributed by atoms with E-state index in [9.17, 15) is 4.79 Å². The van der Waals surface area contributed by atoms with E-state index in [4.69, 9.17) is 0 Å². The van der Waals surface area contributed by atoms with Crippen LogP contribution >= 0.6 is 0 Å². The lowest BCUT2D eigenvalue weighted by Crippen LogP contribution is -2.33. The number of carbonyl (C=O) groups is 1. The Labute approximate surface area is 128 Å². The minimum absolute atomic E-state index is 0.0647. The lowest BCUT2D eigenvalue weighted by molar-refractivity contribution is -0.115. The highest BCUT2D eigenvalue weighted by Gasteiger charge is 2.25. The van der Waals surface area contributed by atoms with Gasteiger partial charge in [-0.3, -0.25) is 4.79 Å². The summed E-state index contributed by atoms with van der Waals surface area (Å²) in [5.41, 5.74) is 3.20. The van der Waals surface area contributed by atoms with Crippen LogP contribution in [0.5, 0.6) is 0 Å². The number of benzene rings is 1. The van der Waals surface area contributed by atoms with Gasteiger partial charge in [0.15, 0.2) is 0 Å². The van der Waals surface area contributed by atoms with E-state index in [1.807, 2.05) is 19.1 Å². The molecule has 2 rings (SSSR count). The molecule has 0 heterocycles. The third-order valence-corrected chi connectivity index (χ3v) is 4.73. The SMILES string of the molecule is CCC(=O)Nc1cccc(NC2CC(C)CCC2C)c1C. The minimum Gasteiger partial charge on any atom is -0.382 e. The fourth-order valence-corrected chi connectivity index (χ4v) is 3.10. The first-order valence-electron chi connectivity index (χ1n) is 8.17. The summed E-state index contributed by atoms with van der Waals surface area (Å²) in [6.07, 6.45) is 4.37. The Morgan fingerprint density at radius 1 is 1.24 bits per heavy atom. The van der Waals surface area contributed by atoms with Crippen molar-refractivity contribution >= 4 is 17.3 Å². The molecule has 1 aromatic rings. The van der Waals surface area contributed by atoms with Gasteiger partial charge in [0.2, 0.25) is 5.91 Å². The second-order valence-electron chi connectivity index (χ2n) is 6.53. The van der Waals surface area contributed by atoms with Crippen molar-refractivity contribution in [3.05, 3.63) is 23.8 Å². The van der Waals surface area contributed by atoms with E-state index >= 15 is 0 Å². The zero-order valence-corrected chi connectivity index (χ0v) is 13.7. The summed E-state index contributed by atoms with van der Waals surface area (Å²) >= 11 is 0. The number of rotatable bonds is 4. The summed E-state index contributed by atoms with van der Waals surface area (Å²) in [7, 11) is 0. The summed E-state index contributed by atoms with van der Waals surface area (Å²) in [6, 6.07) is 6.63. The summed E-state index contributed by atoms with van der Waals surface area (Å²) < 4.78 is 0. The maximum Gasteiger partial charge on any atom is 0.224 e. The van der Waals surface area contributed by atoms with E-state index < -0.39 is 0 Å². The van der Waals surface area contributed by atoms with Gasteiger partial charge in [-0.25, -0.2) is 0 Å². The Kier molecular flexibility index (Phi) is 5.27. The van der Waals surface area contributed by atoms with Crippen molar-refractivity contribution in [3.63, 3.8) is 0 Å².